The molecule has 0 aliphatic carbocycles. The number of rotatable bonds is 7. The first-order valence-electron chi connectivity index (χ1n) is 6.72. The molecule has 0 amide bonds. The first-order chi connectivity index (χ1) is 8.54. The van der Waals surface area contributed by atoms with E-state index in [-0.39, 0.29) is 6.10 Å². The third-order valence-corrected chi connectivity index (χ3v) is 3.05. The number of hydrogen-bond donors (Lipinski definition) is 1. The molecule has 1 aromatic rings. The van der Waals surface area contributed by atoms with Crippen molar-refractivity contribution < 1.29 is 5.11 Å². The zero-order valence-electron chi connectivity index (χ0n) is 12.1. The van der Waals surface area contributed by atoms with Crippen molar-refractivity contribution in [1.29, 1.82) is 0 Å². The van der Waals surface area contributed by atoms with E-state index in [2.05, 4.69) is 43.0 Å². The van der Waals surface area contributed by atoms with Crippen molar-refractivity contribution in [2.45, 2.75) is 26.4 Å². The second-order valence-electron chi connectivity index (χ2n) is 5.06. The Morgan fingerprint density at radius 1 is 1.06 bits per heavy atom. The smallest absolute Gasteiger partial charge is 0.0761 e. The highest BCUT2D eigenvalue weighted by atomic mass is 16.3. The zero-order valence-corrected chi connectivity index (χ0v) is 12.1. The van der Waals surface area contributed by atoms with Crippen LogP contribution in [0.15, 0.2) is 24.3 Å². The van der Waals surface area contributed by atoms with Crippen LogP contribution >= 0.6 is 0 Å². The van der Waals surface area contributed by atoms with Crippen molar-refractivity contribution in [3.05, 3.63) is 29.8 Å². The molecule has 1 atom stereocenters. The SMILES string of the molecule is CCCN(CCN(C)C)c1ccc(C(C)O)cc1. The lowest BCUT2D eigenvalue weighted by Crippen LogP contribution is -2.32. The predicted molar refractivity (Wildman–Crippen MR) is 78.1 cm³/mol. The zero-order chi connectivity index (χ0) is 13.5. The highest BCUT2D eigenvalue weighted by Crippen LogP contribution is 2.19. The quantitative estimate of drug-likeness (QED) is 0.805. The first-order valence-corrected chi connectivity index (χ1v) is 6.72. The maximum Gasteiger partial charge on any atom is 0.0761 e. The maximum absolute atomic E-state index is 9.51. The fraction of sp³-hybridized carbons (Fsp3) is 0.600. The van der Waals surface area contributed by atoms with E-state index in [0.29, 0.717) is 0 Å². The van der Waals surface area contributed by atoms with Crippen LogP contribution in [0.25, 0.3) is 0 Å². The van der Waals surface area contributed by atoms with Gasteiger partial charge < -0.3 is 14.9 Å². The number of aliphatic hydroxyl groups excluding tert-OH is 1. The Bertz CT molecular complexity index is 333. The molecule has 0 saturated carbocycles. The number of hydrogen-bond acceptors (Lipinski definition) is 3. The van der Waals surface area contributed by atoms with E-state index < -0.39 is 0 Å². The van der Waals surface area contributed by atoms with Crippen molar-refractivity contribution in [1.82, 2.24) is 4.90 Å². The number of aliphatic hydroxyl groups is 1. The average molecular weight is 250 g/mol. The second-order valence-corrected chi connectivity index (χ2v) is 5.06. The Hall–Kier alpha value is -1.06. The van der Waals surface area contributed by atoms with Gasteiger partial charge in [-0.05, 0) is 45.1 Å². The van der Waals surface area contributed by atoms with Gasteiger partial charge in [0.15, 0.2) is 0 Å². The van der Waals surface area contributed by atoms with Gasteiger partial charge in [0.1, 0.15) is 0 Å². The van der Waals surface area contributed by atoms with Crippen LogP contribution in [0.4, 0.5) is 5.69 Å². The molecular weight excluding hydrogens is 224 g/mol. The third-order valence-electron chi connectivity index (χ3n) is 3.05. The summed E-state index contributed by atoms with van der Waals surface area (Å²) in [7, 11) is 4.20. The molecule has 1 aromatic carbocycles. The molecule has 0 spiro atoms. The van der Waals surface area contributed by atoms with E-state index in [4.69, 9.17) is 0 Å². The van der Waals surface area contributed by atoms with Gasteiger partial charge in [0.25, 0.3) is 0 Å². The third kappa shape index (κ3) is 4.67. The van der Waals surface area contributed by atoms with E-state index in [9.17, 15) is 5.11 Å². The lowest BCUT2D eigenvalue weighted by atomic mass is 10.1. The van der Waals surface area contributed by atoms with Gasteiger partial charge in [-0.3, -0.25) is 0 Å². The molecule has 1 unspecified atom stereocenters. The highest BCUT2D eigenvalue weighted by Gasteiger charge is 2.07. The summed E-state index contributed by atoms with van der Waals surface area (Å²) < 4.78 is 0. The van der Waals surface area contributed by atoms with Gasteiger partial charge in [-0.15, -0.1) is 0 Å². The summed E-state index contributed by atoms with van der Waals surface area (Å²) in [6.45, 7) is 7.16. The number of likely N-dealkylation sites (N-methyl/N-ethyl adjacent to an activating group) is 1. The Morgan fingerprint density at radius 3 is 2.11 bits per heavy atom. The van der Waals surface area contributed by atoms with Crippen LogP contribution in [-0.4, -0.2) is 43.7 Å². The monoisotopic (exact) mass is 250 g/mol. The lowest BCUT2D eigenvalue weighted by molar-refractivity contribution is 0.199. The molecule has 0 aromatic heterocycles. The first kappa shape index (κ1) is 15.0. The molecule has 0 heterocycles. The minimum absolute atomic E-state index is 0.388. The van der Waals surface area contributed by atoms with E-state index in [1.165, 1.54) is 5.69 Å². The summed E-state index contributed by atoms with van der Waals surface area (Å²) in [4.78, 5) is 4.60. The molecule has 1 rings (SSSR count). The molecule has 18 heavy (non-hydrogen) atoms. The summed E-state index contributed by atoms with van der Waals surface area (Å²) in [5, 5.41) is 9.51. The molecular formula is C15H26N2O. The van der Waals surface area contributed by atoms with Crippen LogP contribution in [0, 0.1) is 0 Å². The minimum atomic E-state index is -0.388. The average Bonchev–Trinajstić information content (AvgIpc) is 2.34. The molecule has 0 fully saturated rings. The van der Waals surface area contributed by atoms with E-state index in [1.807, 2.05) is 12.1 Å². The number of anilines is 1. The molecule has 0 saturated heterocycles. The van der Waals surface area contributed by atoms with Crippen molar-refractivity contribution in [2.24, 2.45) is 0 Å². The van der Waals surface area contributed by atoms with Crippen LogP contribution in [-0.2, 0) is 0 Å². The van der Waals surface area contributed by atoms with Crippen LogP contribution in [0.3, 0.4) is 0 Å². The number of benzene rings is 1. The molecule has 3 heteroatoms. The van der Waals surface area contributed by atoms with Gasteiger partial charge in [-0.1, -0.05) is 19.1 Å². The largest absolute Gasteiger partial charge is 0.389 e. The van der Waals surface area contributed by atoms with E-state index in [1.54, 1.807) is 6.92 Å². The van der Waals surface area contributed by atoms with Crippen LogP contribution in [0.2, 0.25) is 0 Å². The normalized spacial score (nSPS) is 12.8. The summed E-state index contributed by atoms with van der Waals surface area (Å²) in [5.74, 6) is 0. The van der Waals surface area contributed by atoms with E-state index >= 15 is 0 Å². The molecule has 1 N–H and O–H groups in total. The van der Waals surface area contributed by atoms with Crippen molar-refractivity contribution >= 4 is 5.69 Å². The van der Waals surface area contributed by atoms with Crippen molar-refractivity contribution in [2.75, 3.05) is 38.6 Å². The summed E-state index contributed by atoms with van der Waals surface area (Å²) in [5.41, 5.74) is 2.21. The summed E-state index contributed by atoms with van der Waals surface area (Å²) >= 11 is 0. The molecule has 0 radical (unpaired) electrons. The molecule has 0 bridgehead atoms. The van der Waals surface area contributed by atoms with Gasteiger partial charge in [-0.25, -0.2) is 0 Å². The Morgan fingerprint density at radius 2 is 1.67 bits per heavy atom. The Kier molecular flexibility index (Phi) is 6.16. The fourth-order valence-corrected chi connectivity index (χ4v) is 1.92. The molecule has 102 valence electrons. The highest BCUT2D eigenvalue weighted by molar-refractivity contribution is 5.47. The molecule has 0 aliphatic rings. The topological polar surface area (TPSA) is 26.7 Å². The predicted octanol–water partition coefficient (Wildman–Crippen LogP) is 2.52. The lowest BCUT2D eigenvalue weighted by Gasteiger charge is -2.26. The van der Waals surface area contributed by atoms with Gasteiger partial charge in [0.2, 0.25) is 0 Å². The minimum Gasteiger partial charge on any atom is -0.389 e. The van der Waals surface area contributed by atoms with Gasteiger partial charge in [0.05, 0.1) is 6.10 Å². The van der Waals surface area contributed by atoms with Gasteiger partial charge >= 0.3 is 0 Å². The number of nitrogens with zero attached hydrogens (tertiary/aromatic N) is 2. The van der Waals surface area contributed by atoms with Gasteiger partial charge in [-0.2, -0.15) is 0 Å². The summed E-state index contributed by atoms with van der Waals surface area (Å²) in [6.07, 6.45) is 0.756. The standard InChI is InChI=1S/C15H26N2O/c1-5-10-17(12-11-16(3)4)15-8-6-14(7-9-15)13(2)18/h6-9,13,18H,5,10-12H2,1-4H3. The summed E-state index contributed by atoms with van der Waals surface area (Å²) in [6, 6.07) is 8.23. The Balaban J connectivity index is 2.72. The molecule has 0 aliphatic heterocycles. The van der Waals surface area contributed by atoms with Crippen LogP contribution in [0.5, 0.6) is 0 Å². The maximum atomic E-state index is 9.51. The fourth-order valence-electron chi connectivity index (χ4n) is 1.92. The van der Waals surface area contributed by atoms with Crippen molar-refractivity contribution in [3.8, 4) is 0 Å². The van der Waals surface area contributed by atoms with E-state index in [0.717, 1.165) is 31.6 Å². The second kappa shape index (κ2) is 7.39. The van der Waals surface area contributed by atoms with Crippen molar-refractivity contribution in [3.63, 3.8) is 0 Å². The van der Waals surface area contributed by atoms with Crippen LogP contribution < -0.4 is 4.90 Å². The molecule has 3 nitrogen and oxygen atoms in total. The van der Waals surface area contributed by atoms with Crippen LogP contribution in [0.1, 0.15) is 31.9 Å². The Labute approximate surface area is 111 Å². The van der Waals surface area contributed by atoms with Gasteiger partial charge in [0, 0.05) is 25.3 Å².